The van der Waals surface area contributed by atoms with E-state index < -0.39 is 23.7 Å². The van der Waals surface area contributed by atoms with Gasteiger partial charge in [0, 0.05) is 23.3 Å². The number of carbonyl (C=O) groups excluding carboxylic acids is 1. The number of hydrogen-bond acceptors (Lipinski definition) is 3. The zero-order chi connectivity index (χ0) is 16.3. The van der Waals surface area contributed by atoms with Gasteiger partial charge >= 0.3 is 0 Å². The molecule has 0 bridgehead atoms. The Hall–Kier alpha value is -1.70. The van der Waals surface area contributed by atoms with Crippen molar-refractivity contribution in [2.75, 3.05) is 5.32 Å². The smallest absolute Gasteiger partial charge is 0.266 e. The molecular weight excluding hydrogens is 339 g/mol. The van der Waals surface area contributed by atoms with Gasteiger partial charge in [-0.1, -0.05) is 11.6 Å². The van der Waals surface area contributed by atoms with Gasteiger partial charge in [0.1, 0.15) is 5.82 Å². The van der Waals surface area contributed by atoms with Crippen LogP contribution in [0.15, 0.2) is 41.3 Å². The molecule has 2 rings (SSSR count). The average Bonchev–Trinajstić information content (AvgIpc) is 2.49. The van der Waals surface area contributed by atoms with Gasteiger partial charge in [0.15, 0.2) is 0 Å². The molecule has 0 aliphatic carbocycles. The lowest BCUT2D eigenvalue weighted by atomic mass is 10.1. The van der Waals surface area contributed by atoms with Crippen LogP contribution in [-0.4, -0.2) is 10.5 Å². The molecule has 0 saturated carbocycles. The van der Waals surface area contributed by atoms with Crippen molar-refractivity contribution in [2.24, 2.45) is 0 Å². The second-order valence-electron chi connectivity index (χ2n) is 4.23. The van der Waals surface area contributed by atoms with Crippen molar-refractivity contribution in [3.63, 3.8) is 0 Å². The number of hydrogen-bond donors (Lipinski definition) is 2. The quantitative estimate of drug-likeness (QED) is 0.744. The van der Waals surface area contributed by atoms with Crippen LogP contribution in [0, 0.1) is 5.82 Å². The fraction of sp³-hybridized carbons (Fsp3) is 0.0714. The van der Waals surface area contributed by atoms with E-state index in [4.69, 9.17) is 16.2 Å². The largest absolute Gasteiger partial charge is 0.325 e. The Balaban J connectivity index is 2.24. The van der Waals surface area contributed by atoms with E-state index in [0.717, 1.165) is 12.1 Å². The van der Waals surface area contributed by atoms with Crippen molar-refractivity contribution in [3.8, 4) is 0 Å². The maximum absolute atomic E-state index is 13.2. The van der Waals surface area contributed by atoms with E-state index in [0.29, 0.717) is 12.0 Å². The van der Waals surface area contributed by atoms with Crippen LogP contribution in [-0.2, 0) is 0 Å². The Morgan fingerprint density at radius 2 is 1.95 bits per heavy atom. The second-order valence-corrected chi connectivity index (χ2v) is 5.26. The Morgan fingerprint density at radius 1 is 1.23 bits per heavy atom. The lowest BCUT2D eigenvalue weighted by Gasteiger charge is -2.09. The minimum atomic E-state index is -2.98. The summed E-state index contributed by atoms with van der Waals surface area (Å²) < 4.78 is 47.4. The molecule has 0 aliphatic rings. The van der Waals surface area contributed by atoms with Crippen LogP contribution in [0.25, 0.3) is 0 Å². The summed E-state index contributed by atoms with van der Waals surface area (Å²) in [7, 11) is 0. The number of carbonyl (C=O) groups is 1. The van der Waals surface area contributed by atoms with Gasteiger partial charge in [0.2, 0.25) is 0 Å². The fourth-order valence-corrected chi connectivity index (χ4v) is 2.26. The third-order valence-corrected chi connectivity index (χ3v) is 3.76. The van der Waals surface area contributed by atoms with Crippen LogP contribution in [0.1, 0.15) is 22.3 Å². The molecule has 0 fully saturated rings. The summed E-state index contributed by atoms with van der Waals surface area (Å²) >= 11 is 6.18. The first-order valence-electron chi connectivity index (χ1n) is 5.92. The summed E-state index contributed by atoms with van der Waals surface area (Å²) in [6, 6.07) is 7.08. The third-order valence-electron chi connectivity index (χ3n) is 2.78. The first kappa shape index (κ1) is 16.7. The van der Waals surface area contributed by atoms with Crippen molar-refractivity contribution in [1.29, 1.82) is 0 Å². The van der Waals surface area contributed by atoms with E-state index in [-0.39, 0.29) is 21.2 Å². The van der Waals surface area contributed by atoms with E-state index in [9.17, 15) is 18.0 Å². The number of rotatable bonds is 4. The SMILES string of the molecule is O=C(Nc1ccc(F)c(C(F)F)c1)c1ccc(Cl)c(SO)c1. The second kappa shape index (κ2) is 7.04. The molecule has 0 spiro atoms. The van der Waals surface area contributed by atoms with Crippen molar-refractivity contribution < 1.29 is 22.5 Å². The molecule has 22 heavy (non-hydrogen) atoms. The van der Waals surface area contributed by atoms with E-state index >= 15 is 0 Å². The van der Waals surface area contributed by atoms with Gasteiger partial charge in [-0.05, 0) is 36.4 Å². The summed E-state index contributed by atoms with van der Waals surface area (Å²) in [5, 5.41) is 2.65. The van der Waals surface area contributed by atoms with Gasteiger partial charge in [0.25, 0.3) is 12.3 Å². The van der Waals surface area contributed by atoms with Crippen molar-refractivity contribution in [1.82, 2.24) is 0 Å². The van der Waals surface area contributed by atoms with Crippen LogP contribution in [0.3, 0.4) is 0 Å². The highest BCUT2D eigenvalue weighted by atomic mass is 35.5. The number of halogens is 4. The Labute approximate surface area is 133 Å². The van der Waals surface area contributed by atoms with Gasteiger partial charge in [-0.15, -0.1) is 0 Å². The molecule has 1 amide bonds. The zero-order valence-electron chi connectivity index (χ0n) is 10.8. The van der Waals surface area contributed by atoms with E-state index in [1.165, 1.54) is 24.3 Å². The Morgan fingerprint density at radius 3 is 2.59 bits per heavy atom. The summed E-state index contributed by atoms with van der Waals surface area (Å²) in [6.07, 6.45) is -2.98. The van der Waals surface area contributed by atoms with E-state index in [2.05, 4.69) is 5.32 Å². The van der Waals surface area contributed by atoms with Gasteiger partial charge in [-0.25, -0.2) is 13.2 Å². The monoisotopic (exact) mass is 347 g/mol. The van der Waals surface area contributed by atoms with Crippen LogP contribution in [0.2, 0.25) is 5.02 Å². The standard InChI is InChI=1S/C14H9ClF3NO2S/c15-10-3-1-7(5-12(10)22-21)14(20)19-8-2-4-11(16)9(6-8)13(17)18/h1-6,13,21H,(H,19,20). The molecule has 0 aromatic heterocycles. The van der Waals surface area contributed by atoms with Crippen molar-refractivity contribution >= 4 is 35.2 Å². The maximum Gasteiger partial charge on any atom is 0.266 e. The molecule has 116 valence electrons. The normalized spacial score (nSPS) is 10.8. The molecule has 3 nitrogen and oxygen atoms in total. The number of amides is 1. The first-order valence-corrected chi connectivity index (χ1v) is 7.07. The number of anilines is 1. The van der Waals surface area contributed by atoms with Crippen LogP contribution in [0.5, 0.6) is 0 Å². The van der Waals surface area contributed by atoms with Gasteiger partial charge in [0.05, 0.1) is 15.5 Å². The Bertz CT molecular complexity index is 712. The summed E-state index contributed by atoms with van der Waals surface area (Å²) in [6.45, 7) is 0. The predicted molar refractivity (Wildman–Crippen MR) is 79.2 cm³/mol. The molecule has 0 saturated heterocycles. The molecule has 2 N–H and O–H groups in total. The summed E-state index contributed by atoms with van der Waals surface area (Å²) in [4.78, 5) is 12.3. The lowest BCUT2D eigenvalue weighted by molar-refractivity contribution is 0.102. The molecule has 0 radical (unpaired) electrons. The number of alkyl halides is 2. The molecule has 0 unspecified atom stereocenters. The van der Waals surface area contributed by atoms with E-state index in [1.54, 1.807) is 0 Å². The average molecular weight is 348 g/mol. The molecule has 0 heterocycles. The minimum Gasteiger partial charge on any atom is -0.325 e. The highest BCUT2D eigenvalue weighted by Gasteiger charge is 2.15. The van der Waals surface area contributed by atoms with Crippen LogP contribution < -0.4 is 5.32 Å². The van der Waals surface area contributed by atoms with Crippen molar-refractivity contribution in [3.05, 3.63) is 58.4 Å². The lowest BCUT2D eigenvalue weighted by Crippen LogP contribution is -2.12. The van der Waals surface area contributed by atoms with Gasteiger partial charge in [-0.2, -0.15) is 0 Å². The Kier molecular flexibility index (Phi) is 5.33. The molecular formula is C14H9ClF3NO2S. The molecule has 8 heteroatoms. The first-order chi connectivity index (χ1) is 10.4. The van der Waals surface area contributed by atoms with Gasteiger partial charge < -0.3 is 9.87 Å². The summed E-state index contributed by atoms with van der Waals surface area (Å²) in [5.74, 6) is -1.64. The zero-order valence-corrected chi connectivity index (χ0v) is 12.4. The molecule has 2 aromatic carbocycles. The van der Waals surface area contributed by atoms with Crippen LogP contribution >= 0.6 is 23.6 Å². The summed E-state index contributed by atoms with van der Waals surface area (Å²) in [5.41, 5.74) is -0.584. The fourth-order valence-electron chi connectivity index (χ4n) is 1.71. The maximum atomic E-state index is 13.2. The third kappa shape index (κ3) is 3.73. The van der Waals surface area contributed by atoms with E-state index in [1.807, 2.05) is 0 Å². The van der Waals surface area contributed by atoms with Gasteiger partial charge in [-0.3, -0.25) is 4.79 Å². The number of nitrogens with one attached hydrogen (secondary N) is 1. The van der Waals surface area contributed by atoms with Crippen molar-refractivity contribution in [2.45, 2.75) is 11.3 Å². The topological polar surface area (TPSA) is 49.3 Å². The molecule has 2 aromatic rings. The molecule has 0 aliphatic heterocycles. The number of benzene rings is 2. The minimum absolute atomic E-state index is 0.0369. The molecule has 0 atom stereocenters. The predicted octanol–water partition coefficient (Wildman–Crippen LogP) is 5.23. The van der Waals surface area contributed by atoms with Crippen LogP contribution in [0.4, 0.5) is 18.9 Å². The highest BCUT2D eigenvalue weighted by molar-refractivity contribution is 7.93. The highest BCUT2D eigenvalue weighted by Crippen LogP contribution is 2.27.